The number of piperidine rings is 1. The largest absolute Gasteiger partial charge is 0.342 e. The average molecular weight is 244 g/mol. The van der Waals surface area contributed by atoms with Crippen LogP contribution in [-0.2, 0) is 4.79 Å². The van der Waals surface area contributed by atoms with Gasteiger partial charge in [-0.2, -0.15) is 11.8 Å². The number of nitrogens with zero attached hydrogens (tertiary/aromatic N) is 1. The first-order valence-electron chi connectivity index (χ1n) is 6.10. The zero-order valence-electron chi connectivity index (χ0n) is 10.7. The molecule has 0 aromatic carbocycles. The van der Waals surface area contributed by atoms with Gasteiger partial charge in [0, 0.05) is 25.3 Å². The van der Waals surface area contributed by atoms with Crippen LogP contribution in [0.2, 0.25) is 0 Å². The Kier molecular flexibility index (Phi) is 6.21. The molecule has 0 aromatic heterocycles. The van der Waals surface area contributed by atoms with Crippen molar-refractivity contribution in [3.63, 3.8) is 0 Å². The van der Waals surface area contributed by atoms with Crippen molar-refractivity contribution in [3.05, 3.63) is 0 Å². The maximum atomic E-state index is 12.0. The third-order valence-corrected chi connectivity index (χ3v) is 4.14. The molecular formula is C12H24N2OS. The van der Waals surface area contributed by atoms with Crippen LogP contribution in [0.15, 0.2) is 0 Å². The summed E-state index contributed by atoms with van der Waals surface area (Å²) >= 11 is 1.80. The van der Waals surface area contributed by atoms with E-state index in [-0.39, 0.29) is 0 Å². The van der Waals surface area contributed by atoms with Crippen LogP contribution in [0, 0.1) is 5.92 Å². The summed E-state index contributed by atoms with van der Waals surface area (Å²) in [5, 5.41) is 3.36. The van der Waals surface area contributed by atoms with Crippen LogP contribution in [-0.4, -0.2) is 49.0 Å². The number of hydrogen-bond donors (Lipinski definition) is 1. The van der Waals surface area contributed by atoms with Gasteiger partial charge in [-0.05, 0) is 45.0 Å². The fourth-order valence-electron chi connectivity index (χ4n) is 2.09. The van der Waals surface area contributed by atoms with E-state index in [2.05, 4.69) is 18.5 Å². The van der Waals surface area contributed by atoms with Crippen molar-refractivity contribution >= 4 is 17.7 Å². The number of rotatable bonds is 5. The van der Waals surface area contributed by atoms with Crippen LogP contribution in [0.5, 0.6) is 0 Å². The Bertz CT molecular complexity index is 217. The molecule has 1 amide bonds. The molecule has 1 N–H and O–H groups in total. The fraction of sp³-hybridized carbons (Fsp3) is 0.917. The highest BCUT2D eigenvalue weighted by Gasteiger charge is 2.21. The van der Waals surface area contributed by atoms with Gasteiger partial charge in [-0.3, -0.25) is 4.79 Å². The summed E-state index contributed by atoms with van der Waals surface area (Å²) in [6, 6.07) is 0.346. The van der Waals surface area contributed by atoms with Gasteiger partial charge in [0.1, 0.15) is 0 Å². The minimum atomic E-state index is 0.301. The summed E-state index contributed by atoms with van der Waals surface area (Å²) in [5.74, 6) is 1.87. The normalized spacial score (nSPS) is 22.8. The first-order valence-corrected chi connectivity index (χ1v) is 7.49. The van der Waals surface area contributed by atoms with Gasteiger partial charge in [0.15, 0.2) is 0 Å². The van der Waals surface area contributed by atoms with Crippen LogP contribution in [0.25, 0.3) is 0 Å². The zero-order chi connectivity index (χ0) is 12.0. The SMILES string of the molecule is CSCC(C)N(C)C(=O)CC1CCCNC1. The molecule has 1 aliphatic heterocycles. The van der Waals surface area contributed by atoms with E-state index in [1.807, 2.05) is 11.9 Å². The third-order valence-electron chi connectivity index (χ3n) is 3.32. The van der Waals surface area contributed by atoms with Crippen molar-refractivity contribution in [1.29, 1.82) is 0 Å². The van der Waals surface area contributed by atoms with Crippen molar-refractivity contribution in [2.24, 2.45) is 5.92 Å². The van der Waals surface area contributed by atoms with E-state index in [9.17, 15) is 4.79 Å². The molecule has 1 aliphatic rings. The number of carbonyl (C=O) groups excluding carboxylic acids is 1. The van der Waals surface area contributed by atoms with Crippen molar-refractivity contribution in [2.75, 3.05) is 32.1 Å². The molecule has 1 saturated heterocycles. The average Bonchev–Trinajstić information content (AvgIpc) is 2.29. The molecule has 0 radical (unpaired) electrons. The second kappa shape index (κ2) is 7.17. The fourth-order valence-corrected chi connectivity index (χ4v) is 2.79. The van der Waals surface area contributed by atoms with Gasteiger partial charge in [0.2, 0.25) is 5.91 Å². The predicted molar refractivity (Wildman–Crippen MR) is 70.8 cm³/mol. The van der Waals surface area contributed by atoms with Gasteiger partial charge in [-0.25, -0.2) is 0 Å². The lowest BCUT2D eigenvalue weighted by atomic mass is 9.95. The lowest BCUT2D eigenvalue weighted by Gasteiger charge is -2.28. The number of hydrogen-bond acceptors (Lipinski definition) is 3. The van der Waals surface area contributed by atoms with E-state index in [4.69, 9.17) is 0 Å². The van der Waals surface area contributed by atoms with E-state index in [1.54, 1.807) is 11.8 Å². The molecule has 16 heavy (non-hydrogen) atoms. The highest BCUT2D eigenvalue weighted by atomic mass is 32.2. The zero-order valence-corrected chi connectivity index (χ0v) is 11.5. The van der Waals surface area contributed by atoms with Crippen LogP contribution >= 0.6 is 11.8 Å². The number of nitrogens with one attached hydrogen (secondary N) is 1. The molecule has 2 unspecified atom stereocenters. The highest BCUT2D eigenvalue weighted by molar-refractivity contribution is 7.98. The summed E-state index contributed by atoms with van der Waals surface area (Å²) < 4.78 is 0. The highest BCUT2D eigenvalue weighted by Crippen LogP contribution is 2.16. The Labute approximate surface area is 103 Å². The van der Waals surface area contributed by atoms with Gasteiger partial charge in [-0.15, -0.1) is 0 Å². The maximum absolute atomic E-state index is 12.0. The van der Waals surface area contributed by atoms with Gasteiger partial charge >= 0.3 is 0 Å². The summed E-state index contributed by atoms with van der Waals surface area (Å²) in [4.78, 5) is 13.9. The topological polar surface area (TPSA) is 32.3 Å². The van der Waals surface area contributed by atoms with Crippen molar-refractivity contribution in [1.82, 2.24) is 10.2 Å². The molecule has 0 saturated carbocycles. The van der Waals surface area contributed by atoms with E-state index >= 15 is 0 Å². The molecular weight excluding hydrogens is 220 g/mol. The second-order valence-corrected chi connectivity index (χ2v) is 5.64. The van der Waals surface area contributed by atoms with Crippen LogP contribution in [0.1, 0.15) is 26.2 Å². The van der Waals surface area contributed by atoms with Gasteiger partial charge in [0.25, 0.3) is 0 Å². The van der Waals surface area contributed by atoms with Crippen molar-refractivity contribution in [3.8, 4) is 0 Å². The second-order valence-electron chi connectivity index (χ2n) is 4.73. The number of carbonyl (C=O) groups is 1. The molecule has 4 heteroatoms. The quantitative estimate of drug-likeness (QED) is 0.797. The molecule has 1 heterocycles. The smallest absolute Gasteiger partial charge is 0.222 e. The summed E-state index contributed by atoms with van der Waals surface area (Å²) in [7, 11) is 1.93. The summed E-state index contributed by atoms with van der Waals surface area (Å²) in [6.07, 6.45) is 5.20. The molecule has 0 spiro atoms. The van der Waals surface area contributed by atoms with E-state index in [1.165, 1.54) is 12.8 Å². The predicted octanol–water partition coefficient (Wildman–Crippen LogP) is 1.59. The molecule has 1 rings (SSSR count). The molecule has 94 valence electrons. The van der Waals surface area contributed by atoms with Crippen LogP contribution < -0.4 is 5.32 Å². The molecule has 0 aromatic rings. The van der Waals surface area contributed by atoms with Crippen molar-refractivity contribution in [2.45, 2.75) is 32.2 Å². The Hall–Kier alpha value is -0.220. The third kappa shape index (κ3) is 4.34. The number of thioether (sulfide) groups is 1. The van der Waals surface area contributed by atoms with Crippen LogP contribution in [0.3, 0.4) is 0 Å². The molecule has 2 atom stereocenters. The summed E-state index contributed by atoms with van der Waals surface area (Å²) in [5.41, 5.74) is 0. The Morgan fingerprint density at radius 1 is 1.62 bits per heavy atom. The lowest BCUT2D eigenvalue weighted by molar-refractivity contribution is -0.132. The summed E-state index contributed by atoms with van der Waals surface area (Å²) in [6.45, 7) is 4.24. The van der Waals surface area contributed by atoms with E-state index in [0.717, 1.165) is 18.8 Å². The van der Waals surface area contributed by atoms with Crippen LogP contribution in [0.4, 0.5) is 0 Å². The standard InChI is InChI=1S/C12H24N2OS/c1-10(9-16-3)14(2)12(15)7-11-5-4-6-13-8-11/h10-11,13H,4-9H2,1-3H3. The van der Waals surface area contributed by atoms with Gasteiger partial charge in [-0.1, -0.05) is 0 Å². The first-order chi connectivity index (χ1) is 7.65. The molecule has 1 fully saturated rings. The minimum absolute atomic E-state index is 0.301. The molecule has 3 nitrogen and oxygen atoms in total. The number of amides is 1. The maximum Gasteiger partial charge on any atom is 0.222 e. The van der Waals surface area contributed by atoms with Gasteiger partial charge < -0.3 is 10.2 Å². The van der Waals surface area contributed by atoms with Crippen molar-refractivity contribution < 1.29 is 4.79 Å². The molecule has 0 bridgehead atoms. The Morgan fingerprint density at radius 2 is 2.38 bits per heavy atom. The van der Waals surface area contributed by atoms with E-state index in [0.29, 0.717) is 24.3 Å². The Morgan fingerprint density at radius 3 is 2.94 bits per heavy atom. The molecule has 0 aliphatic carbocycles. The lowest BCUT2D eigenvalue weighted by Crippen LogP contribution is -2.39. The Balaban J connectivity index is 2.32. The van der Waals surface area contributed by atoms with Gasteiger partial charge in [0.05, 0.1) is 0 Å². The monoisotopic (exact) mass is 244 g/mol. The van der Waals surface area contributed by atoms with E-state index < -0.39 is 0 Å². The minimum Gasteiger partial charge on any atom is -0.342 e. The first kappa shape index (κ1) is 13.8.